The third-order valence-electron chi connectivity index (χ3n) is 3.82. The lowest BCUT2D eigenvalue weighted by molar-refractivity contribution is -0.120. The molecule has 0 saturated heterocycles. The van der Waals surface area contributed by atoms with Crippen LogP contribution in [0, 0.1) is 0 Å². The van der Waals surface area contributed by atoms with E-state index in [1.807, 2.05) is 6.92 Å². The van der Waals surface area contributed by atoms with Crippen LogP contribution in [0.3, 0.4) is 0 Å². The van der Waals surface area contributed by atoms with Crippen LogP contribution >= 0.6 is 0 Å². The molecule has 27 heavy (non-hydrogen) atoms. The number of ether oxygens (including phenoxy) is 3. The van der Waals surface area contributed by atoms with E-state index in [0.29, 0.717) is 35.2 Å². The van der Waals surface area contributed by atoms with E-state index in [0.717, 1.165) is 0 Å². The minimum Gasteiger partial charge on any atom is -0.497 e. The number of nitrogens with zero attached hydrogens (tertiary/aromatic N) is 1. The van der Waals surface area contributed by atoms with E-state index < -0.39 is 0 Å². The summed E-state index contributed by atoms with van der Waals surface area (Å²) in [6, 6.07) is 12.1. The van der Waals surface area contributed by atoms with Crippen LogP contribution in [0.15, 0.2) is 42.5 Å². The smallest absolute Gasteiger partial charge is 0.244 e. The molecule has 0 aromatic heterocycles. The Hall–Kier alpha value is -3.22. The zero-order valence-electron chi connectivity index (χ0n) is 15.9. The average molecular weight is 372 g/mol. The largest absolute Gasteiger partial charge is 0.497 e. The summed E-state index contributed by atoms with van der Waals surface area (Å²) < 4.78 is 15.8. The molecule has 0 unspecified atom stereocenters. The predicted octanol–water partition coefficient (Wildman–Crippen LogP) is 3.09. The lowest BCUT2D eigenvalue weighted by atomic mass is 10.2. The van der Waals surface area contributed by atoms with Gasteiger partial charge < -0.3 is 24.4 Å². The fourth-order valence-electron chi connectivity index (χ4n) is 2.52. The van der Waals surface area contributed by atoms with Gasteiger partial charge in [0.2, 0.25) is 11.8 Å². The van der Waals surface area contributed by atoms with E-state index in [-0.39, 0.29) is 18.4 Å². The van der Waals surface area contributed by atoms with Crippen molar-refractivity contribution in [1.82, 2.24) is 0 Å². The number of methoxy groups -OCH3 is 2. The number of nitrogens with one attached hydrogen (secondary N) is 1. The highest BCUT2D eigenvalue weighted by Crippen LogP contribution is 2.29. The molecule has 2 aromatic rings. The first-order chi connectivity index (χ1) is 13.0. The summed E-state index contributed by atoms with van der Waals surface area (Å²) in [6.07, 6.45) is 0. The highest BCUT2D eigenvalue weighted by atomic mass is 16.5. The SMILES string of the molecule is CCOc1ccc(N(CC(=O)Nc2cc(OC)ccc2OC)C(C)=O)cc1. The molecule has 7 nitrogen and oxygen atoms in total. The third kappa shape index (κ3) is 5.37. The monoisotopic (exact) mass is 372 g/mol. The van der Waals surface area contributed by atoms with Crippen LogP contribution < -0.4 is 24.4 Å². The maximum Gasteiger partial charge on any atom is 0.244 e. The molecule has 0 aliphatic carbocycles. The second kappa shape index (κ2) is 9.47. The van der Waals surface area contributed by atoms with Crippen LogP contribution in [0.2, 0.25) is 0 Å². The Bertz CT molecular complexity index is 789. The van der Waals surface area contributed by atoms with E-state index in [2.05, 4.69) is 5.32 Å². The quantitative estimate of drug-likeness (QED) is 0.770. The fourth-order valence-corrected chi connectivity index (χ4v) is 2.52. The van der Waals surface area contributed by atoms with Crippen molar-refractivity contribution in [3.05, 3.63) is 42.5 Å². The van der Waals surface area contributed by atoms with Gasteiger partial charge in [-0.15, -0.1) is 0 Å². The third-order valence-corrected chi connectivity index (χ3v) is 3.82. The zero-order chi connectivity index (χ0) is 19.8. The van der Waals surface area contributed by atoms with Crippen molar-refractivity contribution < 1.29 is 23.8 Å². The molecule has 0 aliphatic rings. The summed E-state index contributed by atoms with van der Waals surface area (Å²) in [5.74, 6) is 1.19. The Morgan fingerprint density at radius 1 is 1.00 bits per heavy atom. The number of hydrogen-bond donors (Lipinski definition) is 1. The maximum atomic E-state index is 12.5. The normalized spacial score (nSPS) is 10.1. The molecule has 0 bridgehead atoms. The number of amides is 2. The molecule has 0 spiro atoms. The van der Waals surface area contributed by atoms with Gasteiger partial charge in [0.15, 0.2) is 0 Å². The Morgan fingerprint density at radius 2 is 1.67 bits per heavy atom. The molecule has 0 saturated carbocycles. The van der Waals surface area contributed by atoms with Gasteiger partial charge in [-0.3, -0.25) is 9.59 Å². The standard InChI is InChI=1S/C20H24N2O5/c1-5-27-16-8-6-15(7-9-16)22(14(2)23)13-20(24)21-18-12-17(25-3)10-11-19(18)26-4/h6-12H,5,13H2,1-4H3,(H,21,24). The van der Waals surface area contributed by atoms with Crippen LogP contribution in [-0.4, -0.2) is 39.2 Å². The molecule has 0 aliphatic heterocycles. The lowest BCUT2D eigenvalue weighted by Crippen LogP contribution is -2.36. The van der Waals surface area contributed by atoms with E-state index in [1.165, 1.54) is 26.0 Å². The van der Waals surface area contributed by atoms with E-state index >= 15 is 0 Å². The first-order valence-corrected chi connectivity index (χ1v) is 8.51. The summed E-state index contributed by atoms with van der Waals surface area (Å²) in [7, 11) is 3.05. The zero-order valence-corrected chi connectivity index (χ0v) is 15.9. The first-order valence-electron chi connectivity index (χ1n) is 8.51. The van der Waals surface area contributed by atoms with Crippen molar-refractivity contribution in [3.8, 4) is 17.2 Å². The number of anilines is 2. The van der Waals surface area contributed by atoms with Crippen LogP contribution in [0.4, 0.5) is 11.4 Å². The Morgan fingerprint density at radius 3 is 2.22 bits per heavy atom. The molecular weight excluding hydrogens is 348 g/mol. The van der Waals surface area contributed by atoms with Gasteiger partial charge >= 0.3 is 0 Å². The second-order valence-electron chi connectivity index (χ2n) is 5.65. The molecule has 1 N–H and O–H groups in total. The van der Waals surface area contributed by atoms with Gasteiger partial charge in [0, 0.05) is 18.7 Å². The number of benzene rings is 2. The molecule has 2 rings (SSSR count). The van der Waals surface area contributed by atoms with Crippen molar-refractivity contribution in [1.29, 1.82) is 0 Å². The number of hydrogen-bond acceptors (Lipinski definition) is 5. The van der Waals surface area contributed by atoms with Crippen LogP contribution in [0.25, 0.3) is 0 Å². The van der Waals surface area contributed by atoms with Gasteiger partial charge in [-0.05, 0) is 43.3 Å². The van der Waals surface area contributed by atoms with Crippen molar-refractivity contribution in [2.75, 3.05) is 37.6 Å². The average Bonchev–Trinajstić information content (AvgIpc) is 2.67. The molecule has 2 amide bonds. The second-order valence-corrected chi connectivity index (χ2v) is 5.65. The molecule has 0 heterocycles. The van der Waals surface area contributed by atoms with Crippen LogP contribution in [0.1, 0.15) is 13.8 Å². The molecule has 7 heteroatoms. The lowest BCUT2D eigenvalue weighted by Gasteiger charge is -2.21. The van der Waals surface area contributed by atoms with Crippen LogP contribution in [-0.2, 0) is 9.59 Å². The summed E-state index contributed by atoms with van der Waals surface area (Å²) in [5, 5.41) is 2.76. The van der Waals surface area contributed by atoms with Crippen molar-refractivity contribution in [3.63, 3.8) is 0 Å². The summed E-state index contributed by atoms with van der Waals surface area (Å²) >= 11 is 0. The molecule has 144 valence electrons. The van der Waals surface area contributed by atoms with Crippen molar-refractivity contribution in [2.24, 2.45) is 0 Å². The minimum absolute atomic E-state index is 0.135. The van der Waals surface area contributed by atoms with Crippen LogP contribution in [0.5, 0.6) is 17.2 Å². The predicted molar refractivity (Wildman–Crippen MR) is 104 cm³/mol. The number of carbonyl (C=O) groups excluding carboxylic acids is 2. The Kier molecular flexibility index (Phi) is 7.05. The Labute approximate surface area is 158 Å². The van der Waals surface area contributed by atoms with Gasteiger partial charge in [-0.25, -0.2) is 0 Å². The summed E-state index contributed by atoms with van der Waals surface area (Å²) in [6.45, 7) is 3.73. The number of carbonyl (C=O) groups is 2. The minimum atomic E-state index is -0.356. The van der Waals surface area contributed by atoms with Crippen molar-refractivity contribution in [2.45, 2.75) is 13.8 Å². The molecule has 0 fully saturated rings. The van der Waals surface area contributed by atoms with Gasteiger partial charge in [0.1, 0.15) is 23.8 Å². The Balaban J connectivity index is 2.14. The van der Waals surface area contributed by atoms with E-state index in [1.54, 1.807) is 42.5 Å². The highest BCUT2D eigenvalue weighted by Gasteiger charge is 2.17. The topological polar surface area (TPSA) is 77.1 Å². The fraction of sp³-hybridized carbons (Fsp3) is 0.300. The molecule has 0 radical (unpaired) electrons. The molecule has 2 aromatic carbocycles. The van der Waals surface area contributed by atoms with Gasteiger partial charge in [-0.2, -0.15) is 0 Å². The van der Waals surface area contributed by atoms with E-state index in [9.17, 15) is 9.59 Å². The summed E-state index contributed by atoms with van der Waals surface area (Å²) in [4.78, 5) is 25.9. The van der Waals surface area contributed by atoms with Gasteiger partial charge in [-0.1, -0.05) is 0 Å². The first kappa shape index (κ1) is 20.1. The molecular formula is C20H24N2O5. The van der Waals surface area contributed by atoms with Gasteiger partial charge in [0.25, 0.3) is 0 Å². The summed E-state index contributed by atoms with van der Waals surface area (Å²) in [5.41, 5.74) is 1.08. The van der Waals surface area contributed by atoms with Gasteiger partial charge in [0.05, 0.1) is 26.5 Å². The highest BCUT2D eigenvalue weighted by molar-refractivity contribution is 6.02. The van der Waals surface area contributed by atoms with E-state index in [4.69, 9.17) is 14.2 Å². The number of rotatable bonds is 8. The molecule has 0 atom stereocenters. The maximum absolute atomic E-state index is 12.5. The van der Waals surface area contributed by atoms with Crippen molar-refractivity contribution >= 4 is 23.2 Å².